The topological polar surface area (TPSA) is 66.2 Å². The van der Waals surface area contributed by atoms with E-state index in [1.165, 1.54) is 0 Å². The van der Waals surface area contributed by atoms with Crippen molar-refractivity contribution in [2.75, 3.05) is 45.9 Å². The molecule has 1 fully saturated rings. The van der Waals surface area contributed by atoms with Crippen molar-refractivity contribution in [2.24, 2.45) is 0 Å². The third-order valence-corrected chi connectivity index (χ3v) is 6.75. The van der Waals surface area contributed by atoms with Gasteiger partial charge < -0.3 is 19.0 Å². The van der Waals surface area contributed by atoms with Gasteiger partial charge in [-0.15, -0.1) is 11.3 Å². The van der Waals surface area contributed by atoms with E-state index in [-0.39, 0.29) is 18.4 Å². The van der Waals surface area contributed by atoms with Crippen molar-refractivity contribution in [3.8, 4) is 0 Å². The maximum atomic E-state index is 13.5. The highest BCUT2D eigenvalue weighted by atomic mass is 32.1. The summed E-state index contributed by atoms with van der Waals surface area (Å²) in [5.74, 6) is 0.595. The van der Waals surface area contributed by atoms with Crippen molar-refractivity contribution in [1.29, 1.82) is 0 Å². The molecule has 1 aliphatic heterocycles. The number of hydrogen-bond acceptors (Lipinski definition) is 6. The number of nitrogens with zero attached hydrogens (tertiary/aromatic N) is 3. The number of carbonyl (C=O) groups excluding carboxylic acids is 2. The SMILES string of the molecule is O=C(Cc1cccs1)N(CCN1CCOCC1)CC(=O)N(Cc1ccccc1)Cc1ccco1. The van der Waals surface area contributed by atoms with E-state index in [0.717, 1.165) is 30.1 Å². The van der Waals surface area contributed by atoms with Crippen LogP contribution in [0.25, 0.3) is 0 Å². The fourth-order valence-corrected chi connectivity index (χ4v) is 4.64. The van der Waals surface area contributed by atoms with E-state index in [9.17, 15) is 9.59 Å². The van der Waals surface area contributed by atoms with Crippen molar-refractivity contribution >= 4 is 23.2 Å². The molecule has 0 atom stereocenters. The van der Waals surface area contributed by atoms with Crippen LogP contribution in [0, 0.1) is 0 Å². The van der Waals surface area contributed by atoms with E-state index in [0.29, 0.717) is 45.0 Å². The number of rotatable bonds is 11. The number of hydrogen-bond donors (Lipinski definition) is 0. The Balaban J connectivity index is 1.46. The molecule has 2 aromatic heterocycles. The van der Waals surface area contributed by atoms with Gasteiger partial charge >= 0.3 is 0 Å². The first kappa shape index (κ1) is 24.2. The van der Waals surface area contributed by atoms with Crippen LogP contribution in [0.1, 0.15) is 16.2 Å². The van der Waals surface area contributed by atoms with E-state index in [4.69, 9.17) is 9.15 Å². The van der Waals surface area contributed by atoms with Gasteiger partial charge in [0, 0.05) is 37.6 Å². The van der Waals surface area contributed by atoms with Gasteiger partial charge in [-0.3, -0.25) is 14.5 Å². The predicted octanol–water partition coefficient (Wildman–Crippen LogP) is 3.27. The van der Waals surface area contributed by atoms with Crippen LogP contribution in [0.3, 0.4) is 0 Å². The second kappa shape index (κ2) is 12.5. The molecule has 0 saturated carbocycles. The lowest BCUT2D eigenvalue weighted by Gasteiger charge is -2.31. The zero-order chi connectivity index (χ0) is 23.6. The van der Waals surface area contributed by atoms with Crippen LogP contribution in [0.2, 0.25) is 0 Å². The fourth-order valence-electron chi connectivity index (χ4n) is 3.94. The Morgan fingerprint density at radius 2 is 1.74 bits per heavy atom. The van der Waals surface area contributed by atoms with Gasteiger partial charge in [-0.2, -0.15) is 0 Å². The first-order valence-corrected chi connectivity index (χ1v) is 12.5. The van der Waals surface area contributed by atoms with E-state index in [1.54, 1.807) is 27.4 Å². The number of morpholine rings is 1. The molecule has 1 aliphatic rings. The van der Waals surface area contributed by atoms with Crippen LogP contribution < -0.4 is 0 Å². The molecule has 3 aromatic rings. The normalized spacial score (nSPS) is 14.1. The van der Waals surface area contributed by atoms with Crippen molar-refractivity contribution in [3.63, 3.8) is 0 Å². The third kappa shape index (κ3) is 7.28. The predicted molar refractivity (Wildman–Crippen MR) is 131 cm³/mol. The molecule has 180 valence electrons. The van der Waals surface area contributed by atoms with Crippen LogP contribution in [0.4, 0.5) is 0 Å². The maximum absolute atomic E-state index is 13.5. The Morgan fingerprint density at radius 3 is 2.44 bits per heavy atom. The van der Waals surface area contributed by atoms with E-state index in [2.05, 4.69) is 4.90 Å². The van der Waals surface area contributed by atoms with Crippen molar-refractivity contribution in [2.45, 2.75) is 19.5 Å². The summed E-state index contributed by atoms with van der Waals surface area (Å²) >= 11 is 1.56. The Hall–Kier alpha value is -2.94. The van der Waals surface area contributed by atoms with Crippen LogP contribution in [0.5, 0.6) is 0 Å². The van der Waals surface area contributed by atoms with Crippen LogP contribution >= 0.6 is 11.3 Å². The Bertz CT molecular complexity index is 1000. The molecule has 1 aromatic carbocycles. The minimum Gasteiger partial charge on any atom is -0.467 e. The highest BCUT2D eigenvalue weighted by Crippen LogP contribution is 2.14. The summed E-state index contributed by atoms with van der Waals surface area (Å²) in [6.45, 7) is 5.20. The average molecular weight is 482 g/mol. The molecule has 0 spiro atoms. The largest absolute Gasteiger partial charge is 0.467 e. The number of furan rings is 1. The van der Waals surface area contributed by atoms with Crippen molar-refractivity contribution in [1.82, 2.24) is 14.7 Å². The molecule has 4 rings (SSSR count). The lowest BCUT2D eigenvalue weighted by Crippen LogP contribution is -2.47. The monoisotopic (exact) mass is 481 g/mol. The number of carbonyl (C=O) groups is 2. The molecule has 2 amide bonds. The molecule has 7 nitrogen and oxygen atoms in total. The summed E-state index contributed by atoms with van der Waals surface area (Å²) in [6, 6.07) is 17.5. The Morgan fingerprint density at radius 1 is 0.912 bits per heavy atom. The lowest BCUT2D eigenvalue weighted by atomic mass is 10.2. The molecule has 8 heteroatoms. The molecule has 0 radical (unpaired) electrons. The lowest BCUT2D eigenvalue weighted by molar-refractivity contribution is -0.141. The number of ether oxygens (including phenoxy) is 1. The Kier molecular flexibility index (Phi) is 8.90. The molecular weight excluding hydrogens is 450 g/mol. The average Bonchev–Trinajstić information content (AvgIpc) is 3.57. The third-order valence-electron chi connectivity index (χ3n) is 5.87. The summed E-state index contributed by atoms with van der Waals surface area (Å²) in [5.41, 5.74) is 1.03. The molecule has 0 N–H and O–H groups in total. The Labute approximate surface area is 204 Å². The van der Waals surface area contributed by atoms with E-state index >= 15 is 0 Å². The van der Waals surface area contributed by atoms with Crippen LogP contribution in [-0.2, 0) is 33.8 Å². The summed E-state index contributed by atoms with van der Waals surface area (Å²) in [4.78, 5) is 33.5. The number of thiophene rings is 1. The van der Waals surface area contributed by atoms with Crippen LogP contribution in [0.15, 0.2) is 70.7 Å². The minimum absolute atomic E-state index is 0.0262. The van der Waals surface area contributed by atoms with Crippen molar-refractivity contribution in [3.05, 3.63) is 82.4 Å². The second-order valence-electron chi connectivity index (χ2n) is 8.34. The minimum atomic E-state index is -0.0956. The van der Waals surface area contributed by atoms with Gasteiger partial charge in [0.2, 0.25) is 11.8 Å². The van der Waals surface area contributed by atoms with Gasteiger partial charge in [-0.05, 0) is 29.1 Å². The van der Waals surface area contributed by atoms with E-state index in [1.807, 2.05) is 60.0 Å². The summed E-state index contributed by atoms with van der Waals surface area (Å²) in [5, 5.41) is 1.97. The quantitative estimate of drug-likeness (QED) is 0.421. The van der Waals surface area contributed by atoms with Gasteiger partial charge in [-0.25, -0.2) is 0 Å². The molecule has 0 aliphatic carbocycles. The summed E-state index contributed by atoms with van der Waals surface area (Å²) < 4.78 is 10.9. The number of benzene rings is 1. The first-order valence-electron chi connectivity index (χ1n) is 11.6. The zero-order valence-electron chi connectivity index (χ0n) is 19.3. The van der Waals surface area contributed by atoms with Crippen molar-refractivity contribution < 1.29 is 18.7 Å². The fraction of sp³-hybridized carbons (Fsp3) is 0.385. The van der Waals surface area contributed by atoms with Crippen LogP contribution in [-0.4, -0.2) is 72.5 Å². The van der Waals surface area contributed by atoms with Gasteiger partial charge in [0.1, 0.15) is 5.76 Å². The van der Waals surface area contributed by atoms with Gasteiger partial charge in [0.15, 0.2) is 0 Å². The first-order chi connectivity index (χ1) is 16.7. The summed E-state index contributed by atoms with van der Waals surface area (Å²) in [7, 11) is 0. The van der Waals surface area contributed by atoms with Gasteiger partial charge in [-0.1, -0.05) is 36.4 Å². The molecule has 1 saturated heterocycles. The molecule has 34 heavy (non-hydrogen) atoms. The smallest absolute Gasteiger partial charge is 0.242 e. The number of amides is 2. The molecule has 0 unspecified atom stereocenters. The van der Waals surface area contributed by atoms with Gasteiger partial charge in [0.25, 0.3) is 0 Å². The standard InChI is InChI=1S/C26H31N3O4S/c30-25(18-24-9-5-17-34-24)28(11-10-27-12-15-32-16-13-27)21-26(31)29(20-23-8-4-14-33-23)19-22-6-2-1-3-7-22/h1-9,14,17H,10-13,15-16,18-21H2. The van der Waals surface area contributed by atoms with Gasteiger partial charge in [0.05, 0.1) is 39.0 Å². The molecule has 3 heterocycles. The highest BCUT2D eigenvalue weighted by Gasteiger charge is 2.24. The maximum Gasteiger partial charge on any atom is 0.242 e. The van der Waals surface area contributed by atoms with E-state index < -0.39 is 0 Å². The zero-order valence-corrected chi connectivity index (χ0v) is 20.1. The second-order valence-corrected chi connectivity index (χ2v) is 9.37. The molecular formula is C26H31N3O4S. The molecule has 0 bridgehead atoms. The highest BCUT2D eigenvalue weighted by molar-refractivity contribution is 7.10. The summed E-state index contributed by atoms with van der Waals surface area (Å²) in [6.07, 6.45) is 1.92.